The van der Waals surface area contributed by atoms with Gasteiger partial charge in [0.25, 0.3) is 0 Å². The van der Waals surface area contributed by atoms with Gasteiger partial charge in [-0.05, 0) is 43.5 Å². The molecule has 158 valence electrons. The van der Waals surface area contributed by atoms with Crippen LogP contribution in [0.3, 0.4) is 0 Å². The predicted octanol–water partition coefficient (Wildman–Crippen LogP) is 2.40. The Bertz CT molecular complexity index is 977. The number of carbonyl (C=O) groups is 2. The lowest BCUT2D eigenvalue weighted by atomic mass is 9.88. The zero-order chi connectivity index (χ0) is 20.9. The lowest BCUT2D eigenvalue weighted by Gasteiger charge is -2.47. The summed E-state index contributed by atoms with van der Waals surface area (Å²) in [6.07, 6.45) is 8.96. The smallest absolute Gasteiger partial charge is 0.241 e. The van der Waals surface area contributed by atoms with Crippen LogP contribution in [0.1, 0.15) is 37.8 Å². The van der Waals surface area contributed by atoms with Crippen molar-refractivity contribution in [3.05, 3.63) is 42.4 Å². The van der Waals surface area contributed by atoms with Crippen LogP contribution in [0.15, 0.2) is 36.7 Å². The van der Waals surface area contributed by atoms with Crippen molar-refractivity contribution in [3.8, 4) is 5.82 Å². The van der Waals surface area contributed by atoms with E-state index in [0.29, 0.717) is 12.5 Å². The second-order valence-corrected chi connectivity index (χ2v) is 9.01. The maximum absolute atomic E-state index is 13.2. The molecule has 30 heavy (non-hydrogen) atoms. The van der Waals surface area contributed by atoms with Crippen molar-refractivity contribution in [2.45, 2.75) is 37.6 Å². The SMILES string of the molecule is CN(C)C(=O)CN1c2cccnc2-n2cccc2C12CCN(C(=O)C1CCCC1)C2. The average Bonchev–Trinajstić information content (AvgIpc) is 3.51. The Morgan fingerprint density at radius 3 is 2.77 bits per heavy atom. The Balaban J connectivity index is 1.57. The fourth-order valence-electron chi connectivity index (χ4n) is 5.45. The highest BCUT2D eigenvalue weighted by Crippen LogP contribution is 2.47. The molecule has 1 saturated carbocycles. The Morgan fingerprint density at radius 2 is 2.00 bits per heavy atom. The highest BCUT2D eigenvalue weighted by Gasteiger charge is 2.51. The Hall–Kier alpha value is -2.83. The third-order valence-electron chi connectivity index (χ3n) is 7.08. The number of anilines is 1. The number of fused-ring (bicyclic) bond motifs is 4. The summed E-state index contributed by atoms with van der Waals surface area (Å²) in [4.78, 5) is 36.5. The topological polar surface area (TPSA) is 61.7 Å². The van der Waals surface area contributed by atoms with Crippen molar-refractivity contribution < 1.29 is 9.59 Å². The summed E-state index contributed by atoms with van der Waals surface area (Å²) in [7, 11) is 3.58. The van der Waals surface area contributed by atoms with Crippen molar-refractivity contribution in [2.75, 3.05) is 38.6 Å². The van der Waals surface area contributed by atoms with E-state index in [1.165, 1.54) is 0 Å². The average molecular weight is 408 g/mol. The Kier molecular flexibility index (Phi) is 4.56. The first-order valence-electron chi connectivity index (χ1n) is 10.9. The molecule has 7 nitrogen and oxygen atoms in total. The fraction of sp³-hybridized carbons (Fsp3) is 0.522. The van der Waals surface area contributed by atoms with Crippen LogP contribution in [0, 0.1) is 5.92 Å². The van der Waals surface area contributed by atoms with Gasteiger partial charge in [0.05, 0.1) is 17.9 Å². The van der Waals surface area contributed by atoms with Gasteiger partial charge < -0.3 is 19.3 Å². The number of rotatable bonds is 3. The Labute approximate surface area is 177 Å². The highest BCUT2D eigenvalue weighted by molar-refractivity contribution is 5.84. The number of pyridine rings is 1. The largest absolute Gasteiger partial charge is 0.347 e. The molecule has 1 saturated heterocycles. The van der Waals surface area contributed by atoms with E-state index in [1.807, 2.05) is 29.3 Å². The van der Waals surface area contributed by atoms with E-state index in [4.69, 9.17) is 0 Å². The predicted molar refractivity (Wildman–Crippen MR) is 114 cm³/mol. The zero-order valence-electron chi connectivity index (χ0n) is 17.8. The molecule has 0 aromatic carbocycles. The third-order valence-corrected chi connectivity index (χ3v) is 7.08. The van der Waals surface area contributed by atoms with Gasteiger partial charge in [0.2, 0.25) is 11.8 Å². The number of likely N-dealkylation sites (tertiary alicyclic amines) is 1. The van der Waals surface area contributed by atoms with E-state index in [-0.39, 0.29) is 18.4 Å². The molecule has 2 aromatic heterocycles. The number of hydrogen-bond donors (Lipinski definition) is 0. The molecular formula is C23H29N5O2. The molecule has 1 unspecified atom stereocenters. The lowest BCUT2D eigenvalue weighted by Crippen LogP contribution is -2.55. The highest BCUT2D eigenvalue weighted by atomic mass is 16.2. The number of nitrogens with zero attached hydrogens (tertiary/aromatic N) is 5. The maximum atomic E-state index is 13.2. The molecule has 1 spiro atoms. The van der Waals surface area contributed by atoms with Crippen LogP contribution in [-0.4, -0.2) is 64.9 Å². The van der Waals surface area contributed by atoms with Crippen molar-refractivity contribution >= 4 is 17.5 Å². The zero-order valence-corrected chi connectivity index (χ0v) is 17.8. The Morgan fingerprint density at radius 1 is 1.20 bits per heavy atom. The second-order valence-electron chi connectivity index (χ2n) is 9.01. The van der Waals surface area contributed by atoms with Gasteiger partial charge in [-0.15, -0.1) is 0 Å². The molecule has 1 atom stereocenters. The first-order chi connectivity index (χ1) is 14.5. The van der Waals surface area contributed by atoms with E-state index in [2.05, 4.69) is 20.5 Å². The van der Waals surface area contributed by atoms with Gasteiger partial charge in [0.1, 0.15) is 5.54 Å². The maximum Gasteiger partial charge on any atom is 0.241 e. The summed E-state index contributed by atoms with van der Waals surface area (Å²) in [6.45, 7) is 1.60. The van der Waals surface area contributed by atoms with Gasteiger partial charge in [-0.3, -0.25) is 9.59 Å². The normalized spacial score (nSPS) is 23.0. The summed E-state index contributed by atoms with van der Waals surface area (Å²) in [5, 5.41) is 0. The van der Waals surface area contributed by atoms with Crippen molar-refractivity contribution in [3.63, 3.8) is 0 Å². The van der Waals surface area contributed by atoms with Crippen LogP contribution in [0.4, 0.5) is 5.69 Å². The number of aromatic nitrogens is 2. The minimum atomic E-state index is -0.417. The van der Waals surface area contributed by atoms with E-state index < -0.39 is 5.54 Å². The van der Waals surface area contributed by atoms with Crippen LogP contribution in [0.2, 0.25) is 0 Å². The summed E-state index contributed by atoms with van der Waals surface area (Å²) < 4.78 is 2.13. The van der Waals surface area contributed by atoms with E-state index >= 15 is 0 Å². The van der Waals surface area contributed by atoms with Crippen LogP contribution < -0.4 is 4.90 Å². The molecule has 0 N–H and O–H groups in total. The molecular weight excluding hydrogens is 378 g/mol. The van der Waals surface area contributed by atoms with Crippen LogP contribution >= 0.6 is 0 Å². The molecule has 0 bridgehead atoms. The second kappa shape index (κ2) is 7.15. The summed E-state index contributed by atoms with van der Waals surface area (Å²) in [5.74, 6) is 1.35. The molecule has 1 aliphatic carbocycles. The van der Waals surface area contributed by atoms with Gasteiger partial charge in [0, 0.05) is 45.5 Å². The summed E-state index contributed by atoms with van der Waals surface area (Å²) in [5.41, 5.74) is 1.65. The lowest BCUT2D eigenvalue weighted by molar-refractivity contribution is -0.134. The molecule has 7 heteroatoms. The molecule has 2 amide bonds. The van der Waals surface area contributed by atoms with Crippen molar-refractivity contribution in [1.82, 2.24) is 19.4 Å². The quantitative estimate of drug-likeness (QED) is 0.784. The summed E-state index contributed by atoms with van der Waals surface area (Å²) in [6, 6.07) is 8.12. The minimum Gasteiger partial charge on any atom is -0.347 e. The van der Waals surface area contributed by atoms with Gasteiger partial charge >= 0.3 is 0 Å². The monoisotopic (exact) mass is 407 g/mol. The number of amides is 2. The molecule has 2 aliphatic heterocycles. The van der Waals surface area contributed by atoms with Crippen LogP contribution in [0.5, 0.6) is 0 Å². The molecule has 2 aromatic rings. The fourth-order valence-corrected chi connectivity index (χ4v) is 5.45. The van der Waals surface area contributed by atoms with Gasteiger partial charge in [-0.25, -0.2) is 4.98 Å². The van der Waals surface area contributed by atoms with E-state index in [0.717, 1.165) is 55.8 Å². The van der Waals surface area contributed by atoms with Gasteiger partial charge in [0.15, 0.2) is 5.82 Å². The number of hydrogen-bond acceptors (Lipinski definition) is 4. The van der Waals surface area contributed by atoms with Crippen LogP contribution in [-0.2, 0) is 15.1 Å². The number of carbonyl (C=O) groups excluding carboxylic acids is 2. The van der Waals surface area contributed by atoms with Gasteiger partial charge in [-0.1, -0.05) is 12.8 Å². The summed E-state index contributed by atoms with van der Waals surface area (Å²) >= 11 is 0. The number of likely N-dealkylation sites (N-methyl/N-ethyl adjacent to an activating group) is 1. The van der Waals surface area contributed by atoms with Crippen LogP contribution in [0.25, 0.3) is 5.82 Å². The van der Waals surface area contributed by atoms with Crippen molar-refractivity contribution in [2.24, 2.45) is 5.92 Å². The molecule has 2 fully saturated rings. The molecule has 0 radical (unpaired) electrons. The first kappa shape index (κ1) is 19.2. The molecule has 4 heterocycles. The first-order valence-corrected chi connectivity index (χ1v) is 10.9. The molecule has 3 aliphatic rings. The van der Waals surface area contributed by atoms with Crippen molar-refractivity contribution in [1.29, 1.82) is 0 Å². The van der Waals surface area contributed by atoms with E-state index in [9.17, 15) is 9.59 Å². The minimum absolute atomic E-state index is 0.0461. The third kappa shape index (κ3) is 2.82. The van der Waals surface area contributed by atoms with E-state index in [1.54, 1.807) is 25.2 Å². The standard InChI is InChI=1S/C23H29N5O2/c1-25(2)20(29)15-28-18-9-5-12-24-21(18)27-13-6-10-19(27)23(28)11-14-26(16-23)22(30)17-7-3-4-8-17/h5-6,9-10,12-13,17H,3-4,7-8,11,14-16H2,1-2H3. The van der Waals surface area contributed by atoms with Gasteiger partial charge in [-0.2, -0.15) is 0 Å². The molecule has 5 rings (SSSR count).